The number of aromatic nitrogens is 5. The second-order valence-corrected chi connectivity index (χ2v) is 3.53. The van der Waals surface area contributed by atoms with Gasteiger partial charge in [0.2, 0.25) is 0 Å². The number of aromatic amines is 1. The molecular formula is C9H9F3N6. The van der Waals surface area contributed by atoms with Gasteiger partial charge < -0.3 is 5.32 Å². The molecule has 0 amide bonds. The fourth-order valence-corrected chi connectivity index (χ4v) is 1.37. The number of H-pyrrole nitrogens is 1. The average Bonchev–Trinajstić information content (AvgIpc) is 2.81. The number of alkyl halides is 3. The van der Waals surface area contributed by atoms with E-state index in [1.807, 2.05) is 0 Å². The Morgan fingerprint density at radius 2 is 2.17 bits per heavy atom. The summed E-state index contributed by atoms with van der Waals surface area (Å²) >= 11 is 0. The van der Waals surface area contributed by atoms with E-state index in [1.54, 1.807) is 6.92 Å². The van der Waals surface area contributed by atoms with Crippen LogP contribution in [0.25, 0.3) is 0 Å². The van der Waals surface area contributed by atoms with Gasteiger partial charge in [0.25, 0.3) is 0 Å². The Labute approximate surface area is 99.6 Å². The highest BCUT2D eigenvalue weighted by Gasteiger charge is 2.34. The van der Waals surface area contributed by atoms with Crippen molar-refractivity contribution in [1.82, 2.24) is 25.6 Å². The van der Waals surface area contributed by atoms with Crippen LogP contribution in [0.3, 0.4) is 0 Å². The van der Waals surface area contributed by atoms with Crippen molar-refractivity contribution in [1.29, 1.82) is 0 Å². The summed E-state index contributed by atoms with van der Waals surface area (Å²) in [6.45, 7) is 1.61. The Bertz CT molecular complexity index is 509. The van der Waals surface area contributed by atoms with Gasteiger partial charge in [-0.2, -0.15) is 18.4 Å². The third-order valence-electron chi connectivity index (χ3n) is 2.22. The average molecular weight is 258 g/mol. The van der Waals surface area contributed by atoms with Gasteiger partial charge in [0.05, 0.1) is 11.6 Å². The number of pyridine rings is 1. The first-order valence-corrected chi connectivity index (χ1v) is 5.00. The van der Waals surface area contributed by atoms with Gasteiger partial charge in [-0.3, -0.25) is 0 Å². The first-order valence-electron chi connectivity index (χ1n) is 5.00. The number of hydrogen-bond acceptors (Lipinski definition) is 5. The minimum atomic E-state index is -4.46. The van der Waals surface area contributed by atoms with Crippen LogP contribution in [-0.2, 0) is 6.18 Å². The minimum absolute atomic E-state index is 0.258. The van der Waals surface area contributed by atoms with E-state index < -0.39 is 17.8 Å². The molecular weight excluding hydrogens is 249 g/mol. The van der Waals surface area contributed by atoms with Gasteiger partial charge in [-0.25, -0.2) is 4.98 Å². The molecule has 0 aromatic carbocycles. The fourth-order valence-electron chi connectivity index (χ4n) is 1.37. The number of tetrazole rings is 1. The van der Waals surface area contributed by atoms with E-state index in [-0.39, 0.29) is 11.6 Å². The zero-order chi connectivity index (χ0) is 13.2. The van der Waals surface area contributed by atoms with Gasteiger partial charge in [-0.05, 0) is 19.1 Å². The molecule has 0 saturated heterocycles. The van der Waals surface area contributed by atoms with E-state index in [2.05, 4.69) is 30.9 Å². The lowest BCUT2D eigenvalue weighted by Crippen LogP contribution is -2.15. The molecule has 9 heteroatoms. The summed E-state index contributed by atoms with van der Waals surface area (Å²) in [5.74, 6) is -0.00363. The summed E-state index contributed by atoms with van der Waals surface area (Å²) in [6.07, 6.45) is -3.19. The number of nitrogens with zero attached hydrogens (tertiary/aromatic N) is 4. The van der Waals surface area contributed by atoms with Crippen LogP contribution in [-0.4, -0.2) is 25.6 Å². The molecule has 1 atom stereocenters. The highest BCUT2D eigenvalue weighted by atomic mass is 19.4. The van der Waals surface area contributed by atoms with Crippen molar-refractivity contribution in [2.45, 2.75) is 19.1 Å². The Hall–Kier alpha value is -2.19. The van der Waals surface area contributed by atoms with Crippen molar-refractivity contribution >= 4 is 5.82 Å². The first-order chi connectivity index (χ1) is 8.48. The van der Waals surface area contributed by atoms with Crippen molar-refractivity contribution < 1.29 is 13.2 Å². The zero-order valence-electron chi connectivity index (χ0n) is 9.23. The Balaban J connectivity index is 2.24. The number of rotatable bonds is 3. The number of nitrogens with one attached hydrogen (secondary N) is 2. The molecule has 6 nitrogen and oxygen atoms in total. The summed E-state index contributed by atoms with van der Waals surface area (Å²) in [6, 6.07) is 1.64. The standard InChI is InChI=1S/C9H9F3N6/c1-5(7-15-17-18-16-7)14-8-6(9(10,11)12)3-2-4-13-8/h2-5H,1H3,(H,13,14)(H,15,16,17,18). The summed E-state index contributed by atoms with van der Waals surface area (Å²) in [5.41, 5.74) is -0.833. The van der Waals surface area contributed by atoms with E-state index in [9.17, 15) is 13.2 Å². The van der Waals surface area contributed by atoms with Gasteiger partial charge in [-0.15, -0.1) is 10.2 Å². The molecule has 2 heterocycles. The van der Waals surface area contributed by atoms with E-state index in [1.165, 1.54) is 12.3 Å². The van der Waals surface area contributed by atoms with Gasteiger partial charge in [0.1, 0.15) is 5.82 Å². The SMILES string of the molecule is CC(Nc1ncccc1C(F)(F)F)c1nn[nH]n1. The smallest absolute Gasteiger partial charge is 0.360 e. The lowest BCUT2D eigenvalue weighted by molar-refractivity contribution is -0.137. The molecule has 0 saturated carbocycles. The van der Waals surface area contributed by atoms with Gasteiger partial charge in [-0.1, -0.05) is 5.21 Å². The molecule has 0 aliphatic carbocycles. The molecule has 0 bridgehead atoms. The molecule has 0 aliphatic rings. The van der Waals surface area contributed by atoms with Crippen molar-refractivity contribution in [2.24, 2.45) is 0 Å². The van der Waals surface area contributed by atoms with Crippen LogP contribution >= 0.6 is 0 Å². The van der Waals surface area contributed by atoms with Gasteiger partial charge in [0, 0.05) is 6.20 Å². The largest absolute Gasteiger partial charge is 0.419 e. The van der Waals surface area contributed by atoms with Crippen LogP contribution < -0.4 is 5.32 Å². The third-order valence-corrected chi connectivity index (χ3v) is 2.22. The summed E-state index contributed by atoms with van der Waals surface area (Å²) in [4.78, 5) is 3.68. The van der Waals surface area contributed by atoms with Crippen LogP contribution in [0, 0.1) is 0 Å². The van der Waals surface area contributed by atoms with Crippen molar-refractivity contribution in [2.75, 3.05) is 5.32 Å². The number of halogens is 3. The van der Waals surface area contributed by atoms with E-state index >= 15 is 0 Å². The molecule has 0 fully saturated rings. The third kappa shape index (κ3) is 2.55. The molecule has 0 aliphatic heterocycles. The van der Waals surface area contributed by atoms with E-state index in [0.29, 0.717) is 0 Å². The normalized spacial score (nSPS) is 13.3. The van der Waals surface area contributed by atoms with Gasteiger partial charge in [0.15, 0.2) is 5.82 Å². The lowest BCUT2D eigenvalue weighted by atomic mass is 10.2. The van der Waals surface area contributed by atoms with Crippen LogP contribution in [0.1, 0.15) is 24.4 Å². The second-order valence-electron chi connectivity index (χ2n) is 3.53. The molecule has 1 unspecified atom stereocenters. The summed E-state index contributed by atoms with van der Waals surface area (Å²) in [7, 11) is 0. The maximum Gasteiger partial charge on any atom is 0.419 e. The van der Waals surface area contributed by atoms with Gasteiger partial charge >= 0.3 is 6.18 Å². The van der Waals surface area contributed by atoms with Crippen LogP contribution in [0.5, 0.6) is 0 Å². The van der Waals surface area contributed by atoms with Crippen LogP contribution in [0.4, 0.5) is 19.0 Å². The molecule has 96 valence electrons. The Kier molecular flexibility index (Phi) is 3.13. The highest BCUT2D eigenvalue weighted by molar-refractivity contribution is 5.46. The Morgan fingerprint density at radius 1 is 1.39 bits per heavy atom. The maximum absolute atomic E-state index is 12.7. The van der Waals surface area contributed by atoms with E-state index in [0.717, 1.165) is 6.07 Å². The van der Waals surface area contributed by atoms with Crippen molar-refractivity contribution in [3.8, 4) is 0 Å². The molecule has 0 radical (unpaired) electrons. The van der Waals surface area contributed by atoms with Crippen LogP contribution in [0.15, 0.2) is 18.3 Å². The number of hydrogen-bond donors (Lipinski definition) is 2. The molecule has 2 N–H and O–H groups in total. The predicted octanol–water partition coefficient (Wildman–Crippen LogP) is 1.79. The van der Waals surface area contributed by atoms with Crippen molar-refractivity contribution in [3.05, 3.63) is 29.7 Å². The minimum Gasteiger partial charge on any atom is -0.360 e. The molecule has 2 aromatic rings. The second kappa shape index (κ2) is 4.59. The summed E-state index contributed by atoms with van der Waals surface area (Å²) < 4.78 is 38.1. The molecule has 2 rings (SSSR count). The van der Waals surface area contributed by atoms with Crippen LogP contribution in [0.2, 0.25) is 0 Å². The lowest BCUT2D eigenvalue weighted by Gasteiger charge is -2.15. The van der Waals surface area contributed by atoms with E-state index in [4.69, 9.17) is 0 Å². The summed E-state index contributed by atoms with van der Waals surface area (Å²) in [5, 5.41) is 15.5. The highest BCUT2D eigenvalue weighted by Crippen LogP contribution is 2.34. The molecule has 2 aromatic heterocycles. The monoisotopic (exact) mass is 258 g/mol. The Morgan fingerprint density at radius 3 is 2.78 bits per heavy atom. The first kappa shape index (κ1) is 12.3. The topological polar surface area (TPSA) is 79.4 Å². The zero-order valence-corrected chi connectivity index (χ0v) is 9.23. The quantitative estimate of drug-likeness (QED) is 0.877. The number of anilines is 1. The fraction of sp³-hybridized carbons (Fsp3) is 0.333. The predicted molar refractivity (Wildman–Crippen MR) is 55.5 cm³/mol. The van der Waals surface area contributed by atoms with Crippen molar-refractivity contribution in [3.63, 3.8) is 0 Å². The maximum atomic E-state index is 12.7. The molecule has 18 heavy (non-hydrogen) atoms. The molecule has 0 spiro atoms.